The van der Waals surface area contributed by atoms with Gasteiger partial charge in [-0.25, -0.2) is 0 Å². The number of anilines is 2. The van der Waals surface area contributed by atoms with Crippen LogP contribution in [0.1, 0.15) is 5.56 Å². The SMILES string of the molecule is c1ccc(Cn2nc(-c3ccccc3)c3c(Nc4ccccc4)cccc32)cc1. The standard InChI is InChI=1S/C26H21N3/c1-4-11-20(12-5-1)19-29-24-18-10-17-23(27-22-15-8-3-9-16-22)25(24)26(28-29)21-13-6-2-7-14-21/h1-18,27H,19H2. The van der Waals surface area contributed by atoms with Crippen molar-refractivity contribution in [2.45, 2.75) is 6.54 Å². The predicted octanol–water partition coefficient (Wildman–Crippen LogP) is 6.50. The van der Waals surface area contributed by atoms with Gasteiger partial charge in [0.05, 0.1) is 23.1 Å². The van der Waals surface area contributed by atoms with Gasteiger partial charge in [0.25, 0.3) is 0 Å². The van der Waals surface area contributed by atoms with Crippen molar-refractivity contribution >= 4 is 22.3 Å². The van der Waals surface area contributed by atoms with Crippen LogP contribution in [0.15, 0.2) is 109 Å². The maximum absolute atomic E-state index is 5.03. The average molecular weight is 375 g/mol. The Bertz CT molecular complexity index is 1230. The Hall–Kier alpha value is -3.85. The lowest BCUT2D eigenvalue weighted by Crippen LogP contribution is -2.01. The van der Waals surface area contributed by atoms with Crippen LogP contribution in [-0.2, 0) is 6.54 Å². The number of nitrogens with zero attached hydrogens (tertiary/aromatic N) is 2. The molecular weight excluding hydrogens is 354 g/mol. The van der Waals surface area contributed by atoms with E-state index in [0.29, 0.717) is 0 Å². The smallest absolute Gasteiger partial charge is 0.102 e. The zero-order valence-electron chi connectivity index (χ0n) is 16.0. The zero-order valence-corrected chi connectivity index (χ0v) is 16.0. The number of hydrogen-bond donors (Lipinski definition) is 1. The van der Waals surface area contributed by atoms with Crippen molar-refractivity contribution in [1.29, 1.82) is 0 Å². The number of fused-ring (bicyclic) bond motifs is 1. The minimum Gasteiger partial charge on any atom is -0.355 e. The molecule has 0 aliphatic heterocycles. The van der Waals surface area contributed by atoms with Gasteiger partial charge in [0.2, 0.25) is 0 Å². The highest BCUT2D eigenvalue weighted by molar-refractivity contribution is 6.03. The van der Waals surface area contributed by atoms with E-state index in [0.717, 1.165) is 40.1 Å². The van der Waals surface area contributed by atoms with E-state index in [9.17, 15) is 0 Å². The molecule has 3 nitrogen and oxygen atoms in total. The summed E-state index contributed by atoms with van der Waals surface area (Å²) in [5.41, 5.74) is 6.59. The predicted molar refractivity (Wildman–Crippen MR) is 120 cm³/mol. The maximum atomic E-state index is 5.03. The van der Waals surface area contributed by atoms with Crippen LogP contribution in [0.25, 0.3) is 22.2 Å². The van der Waals surface area contributed by atoms with Crippen LogP contribution in [0.2, 0.25) is 0 Å². The van der Waals surface area contributed by atoms with E-state index < -0.39 is 0 Å². The molecule has 5 aromatic rings. The van der Waals surface area contributed by atoms with Gasteiger partial charge in [0, 0.05) is 11.3 Å². The number of para-hydroxylation sites is 1. The molecule has 0 saturated carbocycles. The molecule has 1 N–H and O–H groups in total. The summed E-state index contributed by atoms with van der Waals surface area (Å²) in [4.78, 5) is 0. The molecule has 0 saturated heterocycles. The molecule has 1 aromatic heterocycles. The number of benzene rings is 4. The first-order chi connectivity index (χ1) is 14.4. The van der Waals surface area contributed by atoms with E-state index >= 15 is 0 Å². The second-order valence-corrected chi connectivity index (χ2v) is 7.05. The van der Waals surface area contributed by atoms with E-state index in [1.165, 1.54) is 5.56 Å². The Morgan fingerprint density at radius 2 is 1.31 bits per heavy atom. The molecule has 5 rings (SSSR count). The molecular formula is C26H21N3. The van der Waals surface area contributed by atoms with E-state index in [4.69, 9.17) is 5.10 Å². The summed E-state index contributed by atoms with van der Waals surface area (Å²) in [6.07, 6.45) is 0. The number of nitrogens with one attached hydrogen (secondary N) is 1. The first kappa shape index (κ1) is 17.3. The van der Waals surface area contributed by atoms with Crippen LogP contribution in [0.5, 0.6) is 0 Å². The summed E-state index contributed by atoms with van der Waals surface area (Å²) < 4.78 is 2.10. The molecule has 29 heavy (non-hydrogen) atoms. The van der Waals surface area contributed by atoms with Crippen molar-refractivity contribution in [3.05, 3.63) is 115 Å². The van der Waals surface area contributed by atoms with Gasteiger partial charge in [-0.05, 0) is 29.8 Å². The molecule has 0 atom stereocenters. The van der Waals surface area contributed by atoms with Gasteiger partial charge in [-0.1, -0.05) is 84.9 Å². The highest BCUT2D eigenvalue weighted by atomic mass is 15.3. The van der Waals surface area contributed by atoms with Gasteiger partial charge in [0.1, 0.15) is 5.69 Å². The number of hydrogen-bond acceptors (Lipinski definition) is 2. The Labute approximate surface area is 170 Å². The van der Waals surface area contributed by atoms with Crippen LogP contribution in [0, 0.1) is 0 Å². The summed E-state index contributed by atoms with van der Waals surface area (Å²) in [5.74, 6) is 0. The lowest BCUT2D eigenvalue weighted by molar-refractivity contribution is 0.715. The molecule has 140 valence electrons. The van der Waals surface area contributed by atoms with Crippen LogP contribution in [0.3, 0.4) is 0 Å². The molecule has 3 heteroatoms. The van der Waals surface area contributed by atoms with Gasteiger partial charge in [-0.15, -0.1) is 0 Å². The zero-order chi connectivity index (χ0) is 19.5. The lowest BCUT2D eigenvalue weighted by Gasteiger charge is -2.09. The number of rotatable bonds is 5. The van der Waals surface area contributed by atoms with E-state index in [-0.39, 0.29) is 0 Å². The second kappa shape index (κ2) is 7.64. The van der Waals surface area contributed by atoms with Crippen LogP contribution < -0.4 is 5.32 Å². The number of aromatic nitrogens is 2. The summed E-state index contributed by atoms with van der Waals surface area (Å²) in [6.45, 7) is 0.735. The first-order valence-electron chi connectivity index (χ1n) is 9.79. The van der Waals surface area contributed by atoms with Gasteiger partial charge in [-0.3, -0.25) is 4.68 Å². The molecule has 0 fully saturated rings. The molecule has 0 bridgehead atoms. The fraction of sp³-hybridized carbons (Fsp3) is 0.0385. The Morgan fingerprint density at radius 1 is 0.655 bits per heavy atom. The summed E-state index contributed by atoms with van der Waals surface area (Å²) in [5, 5.41) is 9.75. The molecule has 1 heterocycles. The summed E-state index contributed by atoms with van der Waals surface area (Å²) in [7, 11) is 0. The molecule has 0 radical (unpaired) electrons. The van der Waals surface area contributed by atoms with Crippen molar-refractivity contribution < 1.29 is 0 Å². The molecule has 0 spiro atoms. The molecule has 0 unspecified atom stereocenters. The third kappa shape index (κ3) is 3.50. The minimum absolute atomic E-state index is 0.735. The monoisotopic (exact) mass is 375 g/mol. The normalized spacial score (nSPS) is 10.9. The molecule has 0 aliphatic carbocycles. The van der Waals surface area contributed by atoms with Gasteiger partial charge in [-0.2, -0.15) is 5.10 Å². The average Bonchev–Trinajstić information content (AvgIpc) is 3.15. The van der Waals surface area contributed by atoms with Crippen LogP contribution >= 0.6 is 0 Å². The second-order valence-electron chi connectivity index (χ2n) is 7.05. The third-order valence-corrected chi connectivity index (χ3v) is 5.05. The van der Waals surface area contributed by atoms with Crippen LogP contribution in [0.4, 0.5) is 11.4 Å². The molecule has 0 amide bonds. The van der Waals surface area contributed by atoms with Crippen LogP contribution in [-0.4, -0.2) is 9.78 Å². The first-order valence-corrected chi connectivity index (χ1v) is 9.79. The van der Waals surface area contributed by atoms with Crippen molar-refractivity contribution in [3.8, 4) is 11.3 Å². The Morgan fingerprint density at radius 3 is 2.03 bits per heavy atom. The van der Waals surface area contributed by atoms with E-state index in [2.05, 4.69) is 88.9 Å². The Kier molecular flexibility index (Phi) is 4.55. The quantitative estimate of drug-likeness (QED) is 0.380. The summed E-state index contributed by atoms with van der Waals surface area (Å²) in [6, 6.07) is 37.5. The van der Waals surface area contributed by atoms with Gasteiger partial charge < -0.3 is 5.32 Å². The Balaban J connectivity index is 1.68. The van der Waals surface area contributed by atoms with Crippen molar-refractivity contribution in [3.63, 3.8) is 0 Å². The largest absolute Gasteiger partial charge is 0.355 e. The molecule has 4 aromatic carbocycles. The topological polar surface area (TPSA) is 29.9 Å². The van der Waals surface area contributed by atoms with Crippen molar-refractivity contribution in [2.75, 3.05) is 5.32 Å². The summed E-state index contributed by atoms with van der Waals surface area (Å²) >= 11 is 0. The third-order valence-electron chi connectivity index (χ3n) is 5.05. The highest BCUT2D eigenvalue weighted by Crippen LogP contribution is 2.35. The highest BCUT2D eigenvalue weighted by Gasteiger charge is 2.16. The maximum Gasteiger partial charge on any atom is 0.102 e. The van der Waals surface area contributed by atoms with Gasteiger partial charge >= 0.3 is 0 Å². The minimum atomic E-state index is 0.735. The van der Waals surface area contributed by atoms with Crippen molar-refractivity contribution in [2.24, 2.45) is 0 Å². The van der Waals surface area contributed by atoms with Crippen molar-refractivity contribution in [1.82, 2.24) is 9.78 Å². The lowest BCUT2D eigenvalue weighted by atomic mass is 10.1. The van der Waals surface area contributed by atoms with E-state index in [1.54, 1.807) is 0 Å². The molecule has 0 aliphatic rings. The fourth-order valence-corrected chi connectivity index (χ4v) is 3.68. The van der Waals surface area contributed by atoms with E-state index in [1.807, 2.05) is 30.3 Å². The van der Waals surface area contributed by atoms with Gasteiger partial charge in [0.15, 0.2) is 0 Å². The fourth-order valence-electron chi connectivity index (χ4n) is 3.68.